The van der Waals surface area contributed by atoms with Crippen molar-refractivity contribution in [1.82, 2.24) is 10.9 Å². The van der Waals surface area contributed by atoms with Crippen LogP contribution in [-0.2, 0) is 9.59 Å². The van der Waals surface area contributed by atoms with Crippen LogP contribution in [0.3, 0.4) is 0 Å². The summed E-state index contributed by atoms with van der Waals surface area (Å²) in [5.74, 6) is 0.0655. The summed E-state index contributed by atoms with van der Waals surface area (Å²) in [6, 6.07) is 16.1. The molecule has 0 bridgehead atoms. The number of anilines is 1. The Morgan fingerprint density at radius 3 is 2.37 bits per heavy atom. The van der Waals surface area contributed by atoms with E-state index >= 15 is 0 Å². The fourth-order valence-corrected chi connectivity index (χ4v) is 3.45. The number of hydrazine groups is 1. The molecule has 2 amide bonds. The zero-order valence-electron chi connectivity index (χ0n) is 17.7. The van der Waals surface area contributed by atoms with Crippen LogP contribution in [0.5, 0.6) is 5.75 Å². The Bertz CT molecular complexity index is 849. The minimum Gasteiger partial charge on any atom is -0.484 e. The highest BCUT2D eigenvalue weighted by atomic mass is 16.5. The largest absolute Gasteiger partial charge is 0.484 e. The Labute approximate surface area is 178 Å². The second-order valence-electron chi connectivity index (χ2n) is 7.70. The van der Waals surface area contributed by atoms with E-state index < -0.39 is 0 Å². The maximum Gasteiger partial charge on any atom is 0.276 e. The van der Waals surface area contributed by atoms with Gasteiger partial charge in [-0.25, -0.2) is 0 Å². The van der Waals surface area contributed by atoms with Gasteiger partial charge < -0.3 is 14.5 Å². The molecule has 1 aliphatic heterocycles. The molecule has 1 fully saturated rings. The van der Waals surface area contributed by atoms with Gasteiger partial charge in [-0.1, -0.05) is 24.3 Å². The highest BCUT2D eigenvalue weighted by molar-refractivity contribution is 5.82. The summed E-state index contributed by atoms with van der Waals surface area (Å²) in [4.78, 5) is 27.7. The van der Waals surface area contributed by atoms with Crippen LogP contribution in [-0.4, -0.2) is 51.1 Å². The maximum absolute atomic E-state index is 12.0. The fourth-order valence-electron chi connectivity index (χ4n) is 3.45. The van der Waals surface area contributed by atoms with E-state index in [1.807, 2.05) is 38.1 Å². The molecule has 0 unspecified atom stereocenters. The van der Waals surface area contributed by atoms with E-state index in [1.165, 1.54) is 16.2 Å². The first-order chi connectivity index (χ1) is 14.5. The van der Waals surface area contributed by atoms with E-state index in [4.69, 9.17) is 4.74 Å². The lowest BCUT2D eigenvalue weighted by Crippen LogP contribution is -3.15. The second-order valence-corrected chi connectivity index (χ2v) is 7.70. The van der Waals surface area contributed by atoms with Gasteiger partial charge in [0.15, 0.2) is 6.61 Å². The van der Waals surface area contributed by atoms with Crippen molar-refractivity contribution in [2.75, 3.05) is 44.2 Å². The summed E-state index contributed by atoms with van der Waals surface area (Å²) in [5, 5.41) is 0. The van der Waals surface area contributed by atoms with Crippen LogP contribution >= 0.6 is 0 Å². The third kappa shape index (κ3) is 6.49. The number of nitrogens with zero attached hydrogens (tertiary/aromatic N) is 1. The zero-order valence-corrected chi connectivity index (χ0v) is 17.7. The summed E-state index contributed by atoms with van der Waals surface area (Å²) in [5.41, 5.74) is 8.41. The normalized spacial score (nSPS) is 14.3. The average Bonchev–Trinajstić information content (AvgIpc) is 2.78. The van der Waals surface area contributed by atoms with E-state index in [-0.39, 0.29) is 18.4 Å². The van der Waals surface area contributed by atoms with Crippen molar-refractivity contribution in [1.29, 1.82) is 0 Å². The molecule has 1 aliphatic rings. The topological polar surface area (TPSA) is 75.1 Å². The molecule has 160 valence electrons. The summed E-state index contributed by atoms with van der Waals surface area (Å²) in [6.45, 7) is 8.58. The standard InChI is InChI=1S/C23H30N4O3/c1-18-8-9-21(16-19(18)2)30-17-23(29)25-24-22(28)10-11-26-12-14-27(15-13-26)20-6-4-3-5-7-20/h3-9,16H,10-15,17H2,1-2H3,(H,24,28)(H,25,29)/p+1. The third-order valence-electron chi connectivity index (χ3n) is 5.49. The average molecular weight is 412 g/mol. The van der Waals surface area contributed by atoms with E-state index in [0.29, 0.717) is 12.2 Å². The van der Waals surface area contributed by atoms with Crippen LogP contribution in [0.4, 0.5) is 5.69 Å². The smallest absolute Gasteiger partial charge is 0.276 e. The van der Waals surface area contributed by atoms with Crippen LogP contribution in [0, 0.1) is 13.8 Å². The van der Waals surface area contributed by atoms with Gasteiger partial charge in [-0.15, -0.1) is 0 Å². The van der Waals surface area contributed by atoms with Crippen molar-refractivity contribution in [2.24, 2.45) is 0 Å². The molecule has 3 rings (SSSR count). The second kappa shape index (κ2) is 10.6. The lowest BCUT2D eigenvalue weighted by molar-refractivity contribution is -0.900. The molecule has 0 atom stereocenters. The number of amides is 2. The first-order valence-electron chi connectivity index (χ1n) is 10.4. The number of piperazine rings is 1. The number of carbonyl (C=O) groups is 2. The van der Waals surface area contributed by atoms with Crippen LogP contribution in [0.1, 0.15) is 17.5 Å². The minimum atomic E-state index is -0.384. The molecular formula is C23H31N4O3+. The van der Waals surface area contributed by atoms with Gasteiger partial charge in [0.2, 0.25) is 5.91 Å². The molecule has 0 aromatic heterocycles. The van der Waals surface area contributed by atoms with Gasteiger partial charge in [0.05, 0.1) is 39.1 Å². The van der Waals surface area contributed by atoms with Crippen molar-refractivity contribution in [3.8, 4) is 5.75 Å². The molecule has 0 radical (unpaired) electrons. The number of para-hydroxylation sites is 1. The van der Waals surface area contributed by atoms with E-state index in [2.05, 4.69) is 40.0 Å². The molecule has 2 aromatic carbocycles. The first-order valence-corrected chi connectivity index (χ1v) is 10.4. The predicted octanol–water partition coefficient (Wildman–Crippen LogP) is 0.625. The summed E-state index contributed by atoms with van der Waals surface area (Å²) in [6.07, 6.45) is 0.374. The zero-order chi connectivity index (χ0) is 21.3. The summed E-state index contributed by atoms with van der Waals surface area (Å²) >= 11 is 0. The molecular weight excluding hydrogens is 380 g/mol. The van der Waals surface area contributed by atoms with Crippen molar-refractivity contribution >= 4 is 17.5 Å². The minimum absolute atomic E-state index is 0.143. The SMILES string of the molecule is Cc1ccc(OCC(=O)NNC(=O)CC[NH+]2CCN(c3ccccc3)CC2)cc1C. The Morgan fingerprint density at radius 1 is 0.967 bits per heavy atom. The number of hydrogen-bond donors (Lipinski definition) is 3. The molecule has 0 spiro atoms. The molecule has 7 nitrogen and oxygen atoms in total. The van der Waals surface area contributed by atoms with Gasteiger partial charge in [0, 0.05) is 5.69 Å². The fraction of sp³-hybridized carbons (Fsp3) is 0.391. The molecule has 3 N–H and O–H groups in total. The Hall–Kier alpha value is -3.06. The molecule has 0 aliphatic carbocycles. The number of ether oxygens (including phenoxy) is 1. The van der Waals surface area contributed by atoms with Crippen molar-refractivity contribution in [3.05, 3.63) is 59.7 Å². The van der Waals surface area contributed by atoms with Gasteiger partial charge in [-0.2, -0.15) is 0 Å². The lowest BCUT2D eigenvalue weighted by Gasteiger charge is -2.33. The number of carbonyl (C=O) groups excluding carboxylic acids is 2. The van der Waals surface area contributed by atoms with E-state index in [1.54, 1.807) is 0 Å². The Balaban J connectivity index is 1.29. The number of aryl methyl sites for hydroxylation is 2. The lowest BCUT2D eigenvalue weighted by atomic mass is 10.1. The molecule has 30 heavy (non-hydrogen) atoms. The predicted molar refractivity (Wildman–Crippen MR) is 117 cm³/mol. The van der Waals surface area contributed by atoms with Crippen LogP contribution in [0.15, 0.2) is 48.5 Å². The Morgan fingerprint density at radius 2 is 1.67 bits per heavy atom. The van der Waals surface area contributed by atoms with Gasteiger partial charge >= 0.3 is 0 Å². The van der Waals surface area contributed by atoms with Crippen molar-refractivity contribution in [2.45, 2.75) is 20.3 Å². The highest BCUT2D eigenvalue weighted by Gasteiger charge is 2.20. The number of rotatable bonds is 7. The molecule has 7 heteroatoms. The molecule has 0 saturated carbocycles. The van der Waals surface area contributed by atoms with E-state index in [0.717, 1.165) is 38.3 Å². The van der Waals surface area contributed by atoms with E-state index in [9.17, 15) is 9.59 Å². The van der Waals surface area contributed by atoms with Crippen molar-refractivity contribution < 1.29 is 19.2 Å². The van der Waals surface area contributed by atoms with Crippen LogP contribution < -0.4 is 25.4 Å². The molecule has 2 aromatic rings. The van der Waals surface area contributed by atoms with Gasteiger partial charge in [-0.05, 0) is 49.2 Å². The molecule has 1 heterocycles. The summed E-state index contributed by atoms with van der Waals surface area (Å²) in [7, 11) is 0. The number of hydrogen-bond acceptors (Lipinski definition) is 4. The highest BCUT2D eigenvalue weighted by Crippen LogP contribution is 2.16. The van der Waals surface area contributed by atoms with Gasteiger partial charge in [-0.3, -0.25) is 20.4 Å². The first kappa shape index (κ1) is 21.6. The van der Waals surface area contributed by atoms with Gasteiger partial charge in [0.25, 0.3) is 5.91 Å². The van der Waals surface area contributed by atoms with Crippen LogP contribution in [0.2, 0.25) is 0 Å². The number of benzene rings is 2. The number of quaternary nitrogens is 1. The number of nitrogens with one attached hydrogen (secondary N) is 3. The van der Waals surface area contributed by atoms with Crippen LogP contribution in [0.25, 0.3) is 0 Å². The van der Waals surface area contributed by atoms with Gasteiger partial charge in [0.1, 0.15) is 5.75 Å². The van der Waals surface area contributed by atoms with Crippen molar-refractivity contribution in [3.63, 3.8) is 0 Å². The monoisotopic (exact) mass is 411 g/mol. The third-order valence-corrected chi connectivity index (χ3v) is 5.49. The maximum atomic E-state index is 12.0. The summed E-state index contributed by atoms with van der Waals surface area (Å²) < 4.78 is 5.47. The Kier molecular flexibility index (Phi) is 7.68. The molecule has 1 saturated heterocycles. The quantitative estimate of drug-likeness (QED) is 0.584.